The largest absolute Gasteiger partial charge is 0.453 e. The minimum absolute atomic E-state index is 0.0907. The smallest absolute Gasteiger partial charge is 0.193 e. The Morgan fingerprint density at radius 3 is 2.25 bits per heavy atom. The van der Waals surface area contributed by atoms with Gasteiger partial charge in [-0.15, -0.1) is 0 Å². The van der Waals surface area contributed by atoms with Crippen molar-refractivity contribution in [2.75, 3.05) is 0 Å². The van der Waals surface area contributed by atoms with Crippen molar-refractivity contribution in [3.8, 4) is 11.3 Å². The lowest BCUT2D eigenvalue weighted by Gasteiger charge is -2.04. The predicted molar refractivity (Wildman–Crippen MR) is 67.8 cm³/mol. The first-order chi connectivity index (χ1) is 9.54. The molecule has 0 aliphatic rings. The van der Waals surface area contributed by atoms with Crippen LogP contribution in [0.25, 0.3) is 22.3 Å². The molecule has 0 radical (unpaired) electrons. The van der Waals surface area contributed by atoms with Crippen molar-refractivity contribution >= 4 is 11.0 Å². The van der Waals surface area contributed by atoms with Crippen LogP contribution in [0, 0.1) is 17.5 Å². The minimum atomic E-state index is -0.957. The summed E-state index contributed by atoms with van der Waals surface area (Å²) in [6.07, 6.45) is 0. The molecular formula is C15H7F3O2. The summed E-state index contributed by atoms with van der Waals surface area (Å²) in [5.74, 6) is -2.16. The SMILES string of the molecule is O=c1cc(-c2ccc(F)cc2)oc2c(F)cc(F)cc12. The molecule has 5 heteroatoms. The van der Waals surface area contributed by atoms with Gasteiger partial charge in [0.15, 0.2) is 16.8 Å². The Bertz CT molecular complexity index is 851. The van der Waals surface area contributed by atoms with Gasteiger partial charge in [-0.05, 0) is 30.3 Å². The first kappa shape index (κ1) is 12.5. The van der Waals surface area contributed by atoms with Crippen LogP contribution in [0.3, 0.4) is 0 Å². The van der Waals surface area contributed by atoms with E-state index in [1.807, 2.05) is 0 Å². The Kier molecular flexibility index (Phi) is 2.82. The van der Waals surface area contributed by atoms with Gasteiger partial charge in [0.25, 0.3) is 0 Å². The van der Waals surface area contributed by atoms with Crippen molar-refractivity contribution in [2.24, 2.45) is 0 Å². The van der Waals surface area contributed by atoms with Crippen LogP contribution in [-0.4, -0.2) is 0 Å². The molecule has 3 aromatic rings. The third kappa shape index (κ3) is 2.07. The fraction of sp³-hybridized carbons (Fsp3) is 0. The van der Waals surface area contributed by atoms with E-state index in [0.29, 0.717) is 11.6 Å². The van der Waals surface area contributed by atoms with E-state index in [4.69, 9.17) is 4.42 Å². The van der Waals surface area contributed by atoms with E-state index < -0.39 is 22.9 Å². The van der Waals surface area contributed by atoms with Crippen LogP contribution in [0.2, 0.25) is 0 Å². The molecule has 0 fully saturated rings. The van der Waals surface area contributed by atoms with E-state index in [-0.39, 0.29) is 16.7 Å². The van der Waals surface area contributed by atoms with Crippen molar-refractivity contribution < 1.29 is 17.6 Å². The Morgan fingerprint density at radius 2 is 1.55 bits per heavy atom. The first-order valence-electron chi connectivity index (χ1n) is 5.73. The average Bonchev–Trinajstić information content (AvgIpc) is 2.40. The van der Waals surface area contributed by atoms with E-state index in [1.165, 1.54) is 24.3 Å². The first-order valence-corrected chi connectivity index (χ1v) is 5.73. The third-order valence-electron chi connectivity index (χ3n) is 2.88. The summed E-state index contributed by atoms with van der Waals surface area (Å²) in [4.78, 5) is 11.9. The monoisotopic (exact) mass is 276 g/mol. The van der Waals surface area contributed by atoms with Crippen LogP contribution in [-0.2, 0) is 0 Å². The molecular weight excluding hydrogens is 269 g/mol. The highest BCUT2D eigenvalue weighted by molar-refractivity contribution is 5.79. The van der Waals surface area contributed by atoms with Gasteiger partial charge in [0.2, 0.25) is 0 Å². The van der Waals surface area contributed by atoms with Crippen molar-refractivity contribution in [1.82, 2.24) is 0 Å². The van der Waals surface area contributed by atoms with Crippen LogP contribution in [0.15, 0.2) is 51.7 Å². The number of hydrogen-bond acceptors (Lipinski definition) is 2. The number of hydrogen-bond donors (Lipinski definition) is 0. The quantitative estimate of drug-likeness (QED) is 0.675. The summed E-state index contributed by atoms with van der Waals surface area (Å²) >= 11 is 0. The van der Waals surface area contributed by atoms with Gasteiger partial charge in [0, 0.05) is 17.7 Å². The Labute approximate surface area is 111 Å². The van der Waals surface area contributed by atoms with Gasteiger partial charge in [-0.3, -0.25) is 4.79 Å². The normalized spacial score (nSPS) is 10.9. The maximum atomic E-state index is 13.7. The van der Waals surface area contributed by atoms with Crippen LogP contribution >= 0.6 is 0 Å². The van der Waals surface area contributed by atoms with Crippen LogP contribution in [0.1, 0.15) is 0 Å². The molecule has 100 valence electrons. The molecule has 3 rings (SSSR count). The minimum Gasteiger partial charge on any atom is -0.453 e. The number of halogens is 3. The van der Waals surface area contributed by atoms with Crippen molar-refractivity contribution in [2.45, 2.75) is 0 Å². The second-order valence-corrected chi connectivity index (χ2v) is 4.25. The molecule has 0 aliphatic carbocycles. The van der Waals surface area contributed by atoms with Gasteiger partial charge in [0.1, 0.15) is 17.4 Å². The Balaban J connectivity index is 2.29. The zero-order valence-electron chi connectivity index (χ0n) is 9.99. The topological polar surface area (TPSA) is 30.2 Å². The summed E-state index contributed by atoms with van der Waals surface area (Å²) < 4.78 is 44.9. The van der Waals surface area contributed by atoms with Gasteiger partial charge in [-0.1, -0.05) is 0 Å². The summed E-state index contributed by atoms with van der Waals surface area (Å²) in [5.41, 5.74) is -0.462. The zero-order valence-corrected chi connectivity index (χ0v) is 9.99. The van der Waals surface area contributed by atoms with E-state index in [9.17, 15) is 18.0 Å². The highest BCUT2D eigenvalue weighted by Crippen LogP contribution is 2.24. The fourth-order valence-corrected chi connectivity index (χ4v) is 1.94. The molecule has 20 heavy (non-hydrogen) atoms. The van der Waals surface area contributed by atoms with Crippen molar-refractivity contribution in [3.05, 3.63) is 70.1 Å². The summed E-state index contributed by atoms with van der Waals surface area (Å²) in [7, 11) is 0. The molecule has 0 bridgehead atoms. The molecule has 0 saturated carbocycles. The van der Waals surface area contributed by atoms with Gasteiger partial charge in [-0.2, -0.15) is 0 Å². The highest BCUT2D eigenvalue weighted by Gasteiger charge is 2.12. The molecule has 1 aromatic heterocycles. The molecule has 0 amide bonds. The molecule has 0 unspecified atom stereocenters. The fourth-order valence-electron chi connectivity index (χ4n) is 1.94. The van der Waals surface area contributed by atoms with Gasteiger partial charge in [-0.25, -0.2) is 13.2 Å². The average molecular weight is 276 g/mol. The molecule has 2 aromatic carbocycles. The summed E-state index contributed by atoms with van der Waals surface area (Å²) in [5, 5.41) is -0.173. The third-order valence-corrected chi connectivity index (χ3v) is 2.88. The van der Waals surface area contributed by atoms with Gasteiger partial charge in [0.05, 0.1) is 5.39 Å². The van der Waals surface area contributed by atoms with Gasteiger partial charge >= 0.3 is 0 Å². The van der Waals surface area contributed by atoms with Crippen molar-refractivity contribution in [1.29, 1.82) is 0 Å². The second-order valence-electron chi connectivity index (χ2n) is 4.25. The second kappa shape index (κ2) is 4.52. The molecule has 0 aliphatic heterocycles. The molecule has 0 spiro atoms. The lowest BCUT2D eigenvalue weighted by Crippen LogP contribution is -2.02. The van der Waals surface area contributed by atoms with E-state index in [1.54, 1.807) is 0 Å². The number of benzene rings is 2. The maximum Gasteiger partial charge on any atom is 0.193 e. The maximum absolute atomic E-state index is 13.7. The van der Waals surface area contributed by atoms with E-state index in [0.717, 1.165) is 12.1 Å². The molecule has 0 saturated heterocycles. The van der Waals surface area contributed by atoms with Crippen LogP contribution in [0.5, 0.6) is 0 Å². The van der Waals surface area contributed by atoms with E-state index >= 15 is 0 Å². The molecule has 2 nitrogen and oxygen atoms in total. The number of fused-ring (bicyclic) bond motifs is 1. The van der Waals surface area contributed by atoms with E-state index in [2.05, 4.69) is 0 Å². The lowest BCUT2D eigenvalue weighted by molar-refractivity contribution is 0.545. The van der Waals surface area contributed by atoms with Crippen molar-refractivity contribution in [3.63, 3.8) is 0 Å². The summed E-state index contributed by atoms with van der Waals surface area (Å²) in [6.45, 7) is 0. The lowest BCUT2D eigenvalue weighted by atomic mass is 10.1. The summed E-state index contributed by atoms with van der Waals surface area (Å²) in [6, 6.07) is 7.87. The Morgan fingerprint density at radius 1 is 0.850 bits per heavy atom. The number of rotatable bonds is 1. The van der Waals surface area contributed by atoms with Gasteiger partial charge < -0.3 is 4.42 Å². The van der Waals surface area contributed by atoms with Crippen LogP contribution < -0.4 is 5.43 Å². The molecule has 0 atom stereocenters. The zero-order chi connectivity index (χ0) is 14.3. The molecule has 1 heterocycles. The van der Waals surface area contributed by atoms with Crippen LogP contribution in [0.4, 0.5) is 13.2 Å². The Hall–Kier alpha value is -2.56. The highest BCUT2D eigenvalue weighted by atomic mass is 19.1. The standard InChI is InChI=1S/C15H7F3O2/c16-9-3-1-8(2-4-9)14-7-13(19)11-5-10(17)6-12(18)15(11)20-14/h1-7H. The predicted octanol–water partition coefficient (Wildman–Crippen LogP) is 3.88. The molecule has 0 N–H and O–H groups in total.